The fraction of sp³-hybridized carbons (Fsp3) is 0.261. The minimum absolute atomic E-state index is 0.473. The lowest BCUT2D eigenvalue weighted by Gasteiger charge is -2.22. The summed E-state index contributed by atoms with van der Waals surface area (Å²) < 4.78 is 5.80. The molecule has 0 saturated heterocycles. The average Bonchev–Trinajstić information content (AvgIpc) is 3.17. The van der Waals surface area contributed by atoms with Crippen LogP contribution >= 0.6 is 0 Å². The Kier molecular flexibility index (Phi) is 5.05. The van der Waals surface area contributed by atoms with Crippen molar-refractivity contribution in [2.75, 3.05) is 0 Å². The molecule has 0 aliphatic heterocycles. The zero-order valence-corrected chi connectivity index (χ0v) is 15.9. The normalized spacial score (nSPS) is 22.3. The molecule has 29 heavy (non-hydrogen) atoms. The van der Waals surface area contributed by atoms with Crippen LogP contribution in [0.3, 0.4) is 0 Å². The Balaban J connectivity index is 2.01. The van der Waals surface area contributed by atoms with Crippen molar-refractivity contribution in [3.63, 3.8) is 0 Å². The molecule has 1 aliphatic carbocycles. The van der Waals surface area contributed by atoms with Gasteiger partial charge in [-0.1, -0.05) is 50.1 Å². The van der Waals surface area contributed by atoms with Gasteiger partial charge in [0.05, 0.1) is 12.0 Å². The zero-order chi connectivity index (χ0) is 21.2. The second kappa shape index (κ2) is 7.33. The molecule has 2 aromatic carbocycles. The van der Waals surface area contributed by atoms with Crippen molar-refractivity contribution >= 4 is 11.9 Å². The highest BCUT2D eigenvalue weighted by Gasteiger charge is 2.79. The van der Waals surface area contributed by atoms with Crippen molar-refractivity contribution < 1.29 is 24.5 Å². The Hall–Kier alpha value is -3.77. The van der Waals surface area contributed by atoms with E-state index in [-0.39, 0.29) is 0 Å². The van der Waals surface area contributed by atoms with Gasteiger partial charge in [-0.3, -0.25) is 4.79 Å². The molecule has 0 unspecified atom stereocenters. The van der Waals surface area contributed by atoms with Crippen molar-refractivity contribution in [1.82, 2.24) is 0 Å². The van der Waals surface area contributed by atoms with Gasteiger partial charge in [-0.15, -0.1) is 0 Å². The number of carbonyl (C=O) groups is 2. The van der Waals surface area contributed by atoms with Crippen molar-refractivity contribution in [1.29, 1.82) is 5.26 Å². The molecule has 0 amide bonds. The third-order valence-corrected chi connectivity index (χ3v) is 5.59. The van der Waals surface area contributed by atoms with Crippen LogP contribution < -0.4 is 4.74 Å². The monoisotopic (exact) mass is 389 g/mol. The number of carboxylic acid groups (broad SMARTS) is 2. The second-order valence-corrected chi connectivity index (χ2v) is 7.45. The van der Waals surface area contributed by atoms with E-state index in [0.717, 1.165) is 0 Å². The van der Waals surface area contributed by atoms with Crippen LogP contribution in [0.4, 0.5) is 0 Å². The summed E-state index contributed by atoms with van der Waals surface area (Å²) >= 11 is 0. The number of carboxylic acids is 2. The maximum absolute atomic E-state index is 12.3. The van der Waals surface area contributed by atoms with Crippen LogP contribution in [-0.2, 0) is 9.59 Å². The van der Waals surface area contributed by atoms with Gasteiger partial charge in [0.15, 0.2) is 0 Å². The Bertz CT molecular complexity index is 1060. The van der Waals surface area contributed by atoms with E-state index >= 15 is 0 Å². The first-order valence-electron chi connectivity index (χ1n) is 8.95. The van der Waals surface area contributed by atoms with Crippen LogP contribution in [0.15, 0.2) is 54.6 Å². The average molecular weight is 389 g/mol. The smallest absolute Gasteiger partial charge is 0.381 e. The van der Waals surface area contributed by atoms with Gasteiger partial charge in [-0.05, 0) is 35.2 Å². The zero-order valence-electron chi connectivity index (χ0n) is 15.9. The molecule has 1 saturated carbocycles. The second-order valence-electron chi connectivity index (χ2n) is 7.45. The molecule has 0 aromatic heterocycles. The van der Waals surface area contributed by atoms with E-state index in [1.54, 1.807) is 50.2 Å². The summed E-state index contributed by atoms with van der Waals surface area (Å²) in [6.45, 7) is 3.38. The van der Waals surface area contributed by atoms with Gasteiger partial charge >= 0.3 is 11.9 Å². The van der Waals surface area contributed by atoms with Gasteiger partial charge in [-0.2, -0.15) is 5.26 Å². The molecule has 2 aromatic rings. The first-order chi connectivity index (χ1) is 13.7. The van der Waals surface area contributed by atoms with Gasteiger partial charge in [-0.25, -0.2) is 4.79 Å². The van der Waals surface area contributed by atoms with Crippen LogP contribution in [0.1, 0.15) is 25.3 Å². The molecule has 3 atom stereocenters. The molecule has 6 nitrogen and oxygen atoms in total. The summed E-state index contributed by atoms with van der Waals surface area (Å²) in [5.41, 5.74) is -1.91. The largest absolute Gasteiger partial charge is 0.481 e. The predicted molar refractivity (Wildman–Crippen MR) is 104 cm³/mol. The van der Waals surface area contributed by atoms with Gasteiger partial charge < -0.3 is 14.9 Å². The summed E-state index contributed by atoms with van der Waals surface area (Å²) in [5, 5.41) is 28.8. The third-order valence-electron chi connectivity index (χ3n) is 5.59. The number of ether oxygens (including phenoxy) is 1. The molecule has 0 bridgehead atoms. The van der Waals surface area contributed by atoms with Crippen molar-refractivity contribution in [3.8, 4) is 29.4 Å². The lowest BCUT2D eigenvalue weighted by molar-refractivity contribution is -0.145. The van der Waals surface area contributed by atoms with Gasteiger partial charge in [0.2, 0.25) is 0 Å². The van der Waals surface area contributed by atoms with Gasteiger partial charge in [0, 0.05) is 11.8 Å². The molecule has 3 rings (SSSR count). The molecule has 0 spiro atoms. The fourth-order valence-electron chi connectivity index (χ4n) is 4.11. The first-order valence-corrected chi connectivity index (χ1v) is 8.95. The van der Waals surface area contributed by atoms with Crippen LogP contribution in [0, 0.1) is 39.9 Å². The van der Waals surface area contributed by atoms with E-state index in [1.807, 2.05) is 24.1 Å². The lowest BCUT2D eigenvalue weighted by Crippen LogP contribution is -2.28. The molecular weight excluding hydrogens is 370 g/mol. The number of nitrogens with zero attached hydrogens (tertiary/aromatic N) is 1. The molecule has 2 N–H and O–H groups in total. The van der Waals surface area contributed by atoms with Crippen LogP contribution in [0.2, 0.25) is 0 Å². The third kappa shape index (κ3) is 3.30. The Labute approximate surface area is 168 Å². The number of hydrogen-bond acceptors (Lipinski definition) is 4. The topological polar surface area (TPSA) is 108 Å². The number of aliphatic carboxylic acids is 2. The Morgan fingerprint density at radius 3 is 2.31 bits per heavy atom. The molecule has 6 heteroatoms. The first kappa shape index (κ1) is 20.0. The van der Waals surface area contributed by atoms with E-state index in [1.165, 1.54) is 0 Å². The van der Waals surface area contributed by atoms with Crippen molar-refractivity contribution in [2.45, 2.75) is 19.8 Å². The summed E-state index contributed by atoms with van der Waals surface area (Å²) in [4.78, 5) is 23.2. The van der Waals surface area contributed by atoms with E-state index in [4.69, 9.17) is 9.84 Å². The highest BCUT2D eigenvalue weighted by Crippen LogP contribution is 2.74. The molecule has 1 fully saturated rings. The number of benzene rings is 2. The predicted octanol–water partition coefficient (Wildman–Crippen LogP) is 3.90. The van der Waals surface area contributed by atoms with Gasteiger partial charge in [0.25, 0.3) is 0 Å². The van der Waals surface area contributed by atoms with E-state index in [0.29, 0.717) is 17.1 Å². The maximum Gasteiger partial charge on any atom is 0.381 e. The molecular formula is C23H19NO5. The van der Waals surface area contributed by atoms with Gasteiger partial charge in [0.1, 0.15) is 16.9 Å². The Morgan fingerprint density at radius 2 is 1.72 bits per heavy atom. The van der Waals surface area contributed by atoms with E-state index in [9.17, 15) is 20.0 Å². The minimum Gasteiger partial charge on any atom is -0.481 e. The fourth-order valence-corrected chi connectivity index (χ4v) is 4.11. The highest BCUT2D eigenvalue weighted by molar-refractivity contribution is 5.89. The molecule has 146 valence electrons. The summed E-state index contributed by atoms with van der Waals surface area (Å²) in [5.74, 6) is 1.34. The lowest BCUT2D eigenvalue weighted by atomic mass is 9.78. The summed E-state index contributed by atoms with van der Waals surface area (Å²) in [7, 11) is 0. The number of hydrogen-bond donors (Lipinski definition) is 2. The molecule has 0 heterocycles. The molecule has 1 aliphatic rings. The van der Waals surface area contributed by atoms with Crippen molar-refractivity contribution in [2.24, 2.45) is 16.7 Å². The summed E-state index contributed by atoms with van der Waals surface area (Å²) in [6, 6.07) is 17.9. The van der Waals surface area contributed by atoms with E-state index < -0.39 is 34.6 Å². The maximum atomic E-state index is 12.3. The number of para-hydroxylation sites is 1. The minimum atomic E-state index is -1.52. The summed E-state index contributed by atoms with van der Waals surface area (Å²) in [6.07, 6.45) is 0. The van der Waals surface area contributed by atoms with Crippen LogP contribution in [0.5, 0.6) is 11.5 Å². The standard InChI is InChI=1S/C23H19NO5/c1-22(2)19(11-12-20(25)26)23(22,21(27)28)18(14-24)15-7-6-10-17(13-15)29-16-8-4-3-5-9-16/h3-10,13,18-19H,1-2H3,(H,25,26)(H,27,28)/t18-,19+,23-/m1/s1. The number of rotatable bonds is 5. The van der Waals surface area contributed by atoms with E-state index in [2.05, 4.69) is 12.0 Å². The van der Waals surface area contributed by atoms with Crippen molar-refractivity contribution in [3.05, 3.63) is 60.2 Å². The molecule has 0 radical (unpaired) electrons. The Morgan fingerprint density at radius 1 is 1.07 bits per heavy atom. The quantitative estimate of drug-likeness (QED) is 0.751. The van der Waals surface area contributed by atoms with Crippen LogP contribution in [0.25, 0.3) is 0 Å². The highest BCUT2D eigenvalue weighted by atomic mass is 16.5. The number of nitriles is 1. The van der Waals surface area contributed by atoms with Crippen LogP contribution in [-0.4, -0.2) is 22.2 Å². The SMILES string of the molecule is CC1(C)[C@H](C#CC(=O)O)[C@@]1(C(=O)O)[C@H](C#N)c1cccc(Oc2ccccc2)c1.